The summed E-state index contributed by atoms with van der Waals surface area (Å²) in [6.07, 6.45) is 5.79. The molecule has 0 amide bonds. The third-order valence-electron chi connectivity index (χ3n) is 3.35. The summed E-state index contributed by atoms with van der Waals surface area (Å²) in [4.78, 5) is 0.305. The minimum absolute atomic E-state index is 0.305. The highest BCUT2D eigenvalue weighted by atomic mass is 32.2. The second-order valence-corrected chi connectivity index (χ2v) is 7.54. The van der Waals surface area contributed by atoms with Crippen molar-refractivity contribution in [2.45, 2.75) is 30.8 Å². The number of hydrogen-bond acceptors (Lipinski definition) is 5. The van der Waals surface area contributed by atoms with E-state index in [4.69, 9.17) is 4.74 Å². The fraction of sp³-hybridized carbons (Fsp3) is 0.438. The molecular formula is C16H23N3O3S. The van der Waals surface area contributed by atoms with Crippen molar-refractivity contribution in [3.05, 3.63) is 42.7 Å². The Morgan fingerprint density at radius 1 is 1.30 bits per heavy atom. The Labute approximate surface area is 137 Å². The van der Waals surface area contributed by atoms with Gasteiger partial charge in [0.1, 0.15) is 5.75 Å². The van der Waals surface area contributed by atoms with Crippen molar-refractivity contribution in [3.8, 4) is 5.75 Å². The summed E-state index contributed by atoms with van der Waals surface area (Å²) in [6, 6.07) is 8.75. The number of rotatable bonds is 9. The Kier molecular flexibility index (Phi) is 6.18. The topological polar surface area (TPSA) is 73.2 Å². The maximum Gasteiger partial charge on any atom is 0.175 e. The number of sulfone groups is 1. The molecule has 1 heterocycles. The molecule has 0 saturated heterocycles. The third kappa shape index (κ3) is 6.03. The summed E-state index contributed by atoms with van der Waals surface area (Å²) in [5.41, 5.74) is 0. The van der Waals surface area contributed by atoms with Crippen molar-refractivity contribution in [2.24, 2.45) is 0 Å². The molecule has 1 atom stereocenters. The first kappa shape index (κ1) is 17.5. The van der Waals surface area contributed by atoms with E-state index in [1.165, 1.54) is 6.26 Å². The van der Waals surface area contributed by atoms with Crippen LogP contribution in [0.1, 0.15) is 13.3 Å². The highest BCUT2D eigenvalue weighted by molar-refractivity contribution is 7.90. The minimum atomic E-state index is -3.15. The summed E-state index contributed by atoms with van der Waals surface area (Å²) in [5, 5.41) is 7.59. The molecule has 0 aliphatic heterocycles. The largest absolute Gasteiger partial charge is 0.494 e. The summed E-state index contributed by atoms with van der Waals surface area (Å²) < 4.78 is 30.2. The van der Waals surface area contributed by atoms with Gasteiger partial charge in [-0.15, -0.1) is 0 Å². The molecule has 0 fully saturated rings. The van der Waals surface area contributed by atoms with E-state index < -0.39 is 9.84 Å². The number of nitrogens with one attached hydrogen (secondary N) is 1. The normalized spacial score (nSPS) is 13.0. The molecule has 6 nitrogen and oxygen atoms in total. The molecule has 1 aromatic carbocycles. The lowest BCUT2D eigenvalue weighted by Crippen LogP contribution is -2.32. The van der Waals surface area contributed by atoms with Crippen molar-refractivity contribution in [1.29, 1.82) is 0 Å². The van der Waals surface area contributed by atoms with Gasteiger partial charge in [0, 0.05) is 24.7 Å². The number of nitrogens with zero attached hydrogens (tertiary/aromatic N) is 2. The maximum absolute atomic E-state index is 11.4. The lowest BCUT2D eigenvalue weighted by atomic mass is 10.3. The van der Waals surface area contributed by atoms with Crippen molar-refractivity contribution >= 4 is 9.84 Å². The molecule has 0 bridgehead atoms. The van der Waals surface area contributed by atoms with Gasteiger partial charge in [0.15, 0.2) is 9.84 Å². The van der Waals surface area contributed by atoms with E-state index in [2.05, 4.69) is 17.3 Å². The molecule has 0 saturated carbocycles. The van der Waals surface area contributed by atoms with Crippen molar-refractivity contribution in [2.75, 3.05) is 19.4 Å². The van der Waals surface area contributed by atoms with Gasteiger partial charge in [0.25, 0.3) is 0 Å². The van der Waals surface area contributed by atoms with Crippen LogP contribution in [0, 0.1) is 0 Å². The first-order valence-electron chi connectivity index (χ1n) is 7.59. The van der Waals surface area contributed by atoms with Crippen LogP contribution in [0.3, 0.4) is 0 Å². The molecule has 23 heavy (non-hydrogen) atoms. The molecule has 2 aromatic rings. The molecule has 0 unspecified atom stereocenters. The van der Waals surface area contributed by atoms with E-state index in [0.29, 0.717) is 23.3 Å². The van der Waals surface area contributed by atoms with Gasteiger partial charge in [-0.2, -0.15) is 5.10 Å². The highest BCUT2D eigenvalue weighted by Crippen LogP contribution is 2.15. The number of aromatic nitrogens is 2. The zero-order chi connectivity index (χ0) is 16.7. The molecule has 0 aliphatic rings. The average molecular weight is 337 g/mol. The number of ether oxygens (including phenoxy) is 1. The predicted octanol–water partition coefficient (Wildman–Crippen LogP) is 1.73. The lowest BCUT2D eigenvalue weighted by molar-refractivity contribution is 0.303. The molecular weight excluding hydrogens is 314 g/mol. The van der Waals surface area contributed by atoms with Crippen LogP contribution in [0.25, 0.3) is 0 Å². The van der Waals surface area contributed by atoms with Gasteiger partial charge in [-0.25, -0.2) is 8.42 Å². The Bertz CT molecular complexity index is 682. The van der Waals surface area contributed by atoms with Gasteiger partial charge >= 0.3 is 0 Å². The van der Waals surface area contributed by atoms with Crippen molar-refractivity contribution in [3.63, 3.8) is 0 Å². The minimum Gasteiger partial charge on any atom is -0.494 e. The van der Waals surface area contributed by atoms with Crippen LogP contribution in [0.4, 0.5) is 0 Å². The van der Waals surface area contributed by atoms with Crippen LogP contribution < -0.4 is 10.1 Å². The van der Waals surface area contributed by atoms with Crippen LogP contribution in [-0.4, -0.2) is 43.6 Å². The second kappa shape index (κ2) is 8.12. The summed E-state index contributed by atoms with van der Waals surface area (Å²) >= 11 is 0. The monoisotopic (exact) mass is 337 g/mol. The Balaban J connectivity index is 1.63. The van der Waals surface area contributed by atoms with Crippen LogP contribution in [-0.2, 0) is 16.4 Å². The molecule has 7 heteroatoms. The first-order valence-corrected chi connectivity index (χ1v) is 9.48. The molecule has 0 radical (unpaired) electrons. The van der Waals surface area contributed by atoms with Crippen molar-refractivity contribution < 1.29 is 13.2 Å². The van der Waals surface area contributed by atoms with E-state index in [1.807, 2.05) is 16.9 Å². The zero-order valence-corrected chi connectivity index (χ0v) is 14.3. The fourth-order valence-corrected chi connectivity index (χ4v) is 2.78. The lowest BCUT2D eigenvalue weighted by Gasteiger charge is -2.14. The maximum atomic E-state index is 11.4. The highest BCUT2D eigenvalue weighted by Gasteiger charge is 2.06. The quantitative estimate of drug-likeness (QED) is 0.706. The molecule has 1 N–H and O–H groups in total. The van der Waals surface area contributed by atoms with Gasteiger partial charge in [-0.3, -0.25) is 4.68 Å². The second-order valence-electron chi connectivity index (χ2n) is 5.53. The molecule has 0 aliphatic carbocycles. The predicted molar refractivity (Wildman–Crippen MR) is 89.4 cm³/mol. The molecule has 0 spiro atoms. The first-order chi connectivity index (χ1) is 10.9. The van der Waals surface area contributed by atoms with E-state index in [0.717, 1.165) is 19.5 Å². The number of hydrogen-bond donors (Lipinski definition) is 1. The van der Waals surface area contributed by atoms with Crippen LogP contribution in [0.5, 0.6) is 5.75 Å². The summed E-state index contributed by atoms with van der Waals surface area (Å²) in [5.74, 6) is 0.682. The van der Waals surface area contributed by atoms with Crippen LogP contribution in [0.15, 0.2) is 47.6 Å². The fourth-order valence-electron chi connectivity index (χ4n) is 2.15. The Hall–Kier alpha value is -1.86. The van der Waals surface area contributed by atoms with Gasteiger partial charge in [-0.05, 0) is 50.2 Å². The van der Waals surface area contributed by atoms with Gasteiger partial charge in [-0.1, -0.05) is 0 Å². The third-order valence-corrected chi connectivity index (χ3v) is 4.48. The van der Waals surface area contributed by atoms with E-state index in [1.54, 1.807) is 30.5 Å². The van der Waals surface area contributed by atoms with Gasteiger partial charge in [0.2, 0.25) is 0 Å². The summed E-state index contributed by atoms with van der Waals surface area (Å²) in [7, 11) is -3.15. The van der Waals surface area contributed by atoms with E-state index >= 15 is 0 Å². The average Bonchev–Trinajstić information content (AvgIpc) is 2.99. The van der Waals surface area contributed by atoms with Gasteiger partial charge < -0.3 is 10.1 Å². The van der Waals surface area contributed by atoms with Crippen LogP contribution >= 0.6 is 0 Å². The summed E-state index contributed by atoms with van der Waals surface area (Å²) in [6.45, 7) is 4.39. The zero-order valence-electron chi connectivity index (χ0n) is 13.5. The SMILES string of the molecule is C[C@H](Cn1cccn1)NCCCOc1ccc(S(C)(=O)=O)cc1. The molecule has 1 aromatic heterocycles. The van der Waals surface area contributed by atoms with Gasteiger partial charge in [0.05, 0.1) is 18.0 Å². The van der Waals surface area contributed by atoms with E-state index in [-0.39, 0.29) is 0 Å². The standard InChI is InChI=1S/C16H23N3O3S/c1-14(13-19-11-3-10-18-19)17-9-4-12-22-15-5-7-16(8-6-15)23(2,20)21/h3,5-8,10-11,14,17H,4,9,12-13H2,1-2H3/t14-/m1/s1. The number of benzene rings is 1. The van der Waals surface area contributed by atoms with Crippen molar-refractivity contribution in [1.82, 2.24) is 15.1 Å². The molecule has 126 valence electrons. The smallest absolute Gasteiger partial charge is 0.175 e. The van der Waals surface area contributed by atoms with Crippen LogP contribution in [0.2, 0.25) is 0 Å². The van der Waals surface area contributed by atoms with E-state index in [9.17, 15) is 8.42 Å². The Morgan fingerprint density at radius 2 is 2.04 bits per heavy atom. The Morgan fingerprint density at radius 3 is 2.65 bits per heavy atom. The molecule has 2 rings (SSSR count).